The minimum atomic E-state index is -4.95. The number of carbonyl (C=O) groups excluding carboxylic acids is 4. The first kappa shape index (κ1) is 87.1. The van der Waals surface area contributed by atoms with Crippen LogP contribution in [0.25, 0.3) is 0 Å². The van der Waals surface area contributed by atoms with Gasteiger partial charge in [0.2, 0.25) is 0 Å². The zero-order valence-electron chi connectivity index (χ0n) is 57.9. The van der Waals surface area contributed by atoms with Crippen molar-refractivity contribution in [3.05, 3.63) is 0 Å². The third-order valence-electron chi connectivity index (χ3n) is 16.1. The first-order valence-corrected chi connectivity index (χ1v) is 39.3. The Morgan fingerprint density at radius 3 is 0.764 bits per heavy atom. The molecule has 0 radical (unpaired) electrons. The van der Waals surface area contributed by atoms with E-state index in [-0.39, 0.29) is 25.7 Å². The largest absolute Gasteiger partial charge is 0.472 e. The summed E-state index contributed by atoms with van der Waals surface area (Å²) in [6.45, 7) is 11.7. The molecule has 0 spiro atoms. The van der Waals surface area contributed by atoms with Gasteiger partial charge in [0.25, 0.3) is 0 Å². The second kappa shape index (κ2) is 61.0. The highest BCUT2D eigenvalue weighted by Gasteiger charge is 2.30. The van der Waals surface area contributed by atoms with Gasteiger partial charge in [-0.15, -0.1) is 0 Å². The lowest BCUT2D eigenvalue weighted by Gasteiger charge is -2.21. The molecule has 0 saturated heterocycles. The van der Waals surface area contributed by atoms with Crippen LogP contribution in [0.15, 0.2) is 0 Å². The molecule has 0 aliphatic rings. The Morgan fingerprint density at radius 2 is 0.517 bits per heavy atom. The molecule has 0 aliphatic heterocycles. The summed E-state index contributed by atoms with van der Waals surface area (Å²) in [6.07, 6.45) is 44.8. The zero-order valence-corrected chi connectivity index (χ0v) is 59.7. The van der Waals surface area contributed by atoms with Gasteiger partial charge in [-0.3, -0.25) is 37.3 Å². The van der Waals surface area contributed by atoms with Crippen molar-refractivity contribution in [1.82, 2.24) is 0 Å². The van der Waals surface area contributed by atoms with Gasteiger partial charge >= 0.3 is 39.5 Å². The number of rotatable bonds is 68. The fraction of sp³-hybridized carbons (Fsp3) is 0.943. The van der Waals surface area contributed by atoms with Gasteiger partial charge in [-0.2, -0.15) is 0 Å². The quantitative estimate of drug-likeness (QED) is 0.0222. The van der Waals surface area contributed by atoms with Crippen molar-refractivity contribution >= 4 is 39.5 Å². The summed E-state index contributed by atoms with van der Waals surface area (Å²) in [5.41, 5.74) is 0. The molecule has 89 heavy (non-hydrogen) atoms. The normalized spacial score (nSPS) is 14.2. The fourth-order valence-corrected chi connectivity index (χ4v) is 12.1. The first-order valence-electron chi connectivity index (χ1n) is 36.3. The van der Waals surface area contributed by atoms with E-state index in [9.17, 15) is 43.2 Å². The van der Waals surface area contributed by atoms with E-state index >= 15 is 0 Å². The van der Waals surface area contributed by atoms with Crippen molar-refractivity contribution in [2.24, 2.45) is 17.8 Å². The highest BCUT2D eigenvalue weighted by atomic mass is 31.2. The van der Waals surface area contributed by atoms with Crippen molar-refractivity contribution in [3.63, 3.8) is 0 Å². The summed E-state index contributed by atoms with van der Waals surface area (Å²) >= 11 is 0. The predicted octanol–water partition coefficient (Wildman–Crippen LogP) is 19.8. The van der Waals surface area contributed by atoms with Gasteiger partial charge in [-0.05, 0) is 43.4 Å². The molecule has 0 bridgehead atoms. The number of hydrogen-bond acceptors (Lipinski definition) is 15. The monoisotopic (exact) mass is 1310 g/mol. The van der Waals surface area contributed by atoms with Crippen LogP contribution in [-0.2, 0) is 65.4 Å². The van der Waals surface area contributed by atoms with E-state index < -0.39 is 97.5 Å². The molecule has 0 aliphatic carbocycles. The zero-order chi connectivity index (χ0) is 65.9. The molecule has 5 atom stereocenters. The number of aliphatic hydroxyl groups is 1. The molecule has 2 unspecified atom stereocenters. The molecule has 0 amide bonds. The number of unbranched alkanes of at least 4 members (excludes halogenated alkanes) is 36. The highest BCUT2D eigenvalue weighted by molar-refractivity contribution is 7.47. The maximum Gasteiger partial charge on any atom is 0.472 e. The Labute approximate surface area is 543 Å². The maximum atomic E-state index is 13.0. The average molecular weight is 1310 g/mol. The predicted molar refractivity (Wildman–Crippen MR) is 358 cm³/mol. The SMILES string of the molecule is CCCCCCCCCCCCCCCCCCCC(=O)O[C@H](COC(=O)CCCCCCCCCCCCCC(C)C)COP(=O)(O)OC[C@@H](O)COP(=O)(O)OC[C@@H](COC(=O)CCCCCCCCC(C)C)OC(=O)CCCCCCCCC(C)C. The summed E-state index contributed by atoms with van der Waals surface area (Å²) in [6, 6.07) is 0. The van der Waals surface area contributed by atoms with E-state index in [1.54, 1.807) is 0 Å². The van der Waals surface area contributed by atoms with Crippen molar-refractivity contribution in [2.45, 2.75) is 369 Å². The molecule has 0 saturated carbocycles. The van der Waals surface area contributed by atoms with Crippen LogP contribution in [0.1, 0.15) is 350 Å². The van der Waals surface area contributed by atoms with Crippen LogP contribution in [0, 0.1) is 17.8 Å². The minimum Gasteiger partial charge on any atom is -0.462 e. The molecule has 0 aromatic carbocycles. The molecule has 0 aromatic heterocycles. The van der Waals surface area contributed by atoms with E-state index in [0.29, 0.717) is 37.5 Å². The molecule has 17 nitrogen and oxygen atoms in total. The van der Waals surface area contributed by atoms with Gasteiger partial charge in [0.05, 0.1) is 26.4 Å². The van der Waals surface area contributed by atoms with Crippen LogP contribution in [-0.4, -0.2) is 96.7 Å². The summed E-state index contributed by atoms with van der Waals surface area (Å²) in [5, 5.41) is 10.6. The van der Waals surface area contributed by atoms with Gasteiger partial charge in [-0.1, -0.05) is 299 Å². The number of ether oxygens (including phenoxy) is 4. The van der Waals surface area contributed by atoms with E-state index in [4.69, 9.17) is 37.0 Å². The lowest BCUT2D eigenvalue weighted by atomic mass is 10.0. The van der Waals surface area contributed by atoms with Crippen molar-refractivity contribution in [3.8, 4) is 0 Å². The molecular weight excluding hydrogens is 1170 g/mol. The van der Waals surface area contributed by atoms with Gasteiger partial charge in [-0.25, -0.2) is 9.13 Å². The second-order valence-electron chi connectivity index (χ2n) is 26.7. The maximum absolute atomic E-state index is 13.0. The third-order valence-corrected chi connectivity index (χ3v) is 18.0. The molecule has 0 heterocycles. The summed E-state index contributed by atoms with van der Waals surface area (Å²) < 4.78 is 68.2. The van der Waals surface area contributed by atoms with E-state index in [2.05, 4.69) is 48.5 Å². The molecular formula is C70H136O17P2. The Hall–Kier alpha value is -1.94. The van der Waals surface area contributed by atoms with E-state index in [1.807, 2.05) is 0 Å². The topological polar surface area (TPSA) is 237 Å². The Morgan fingerprint density at radius 1 is 0.303 bits per heavy atom. The number of phosphoric acid groups is 2. The molecule has 19 heteroatoms. The number of carbonyl (C=O) groups is 4. The van der Waals surface area contributed by atoms with Crippen LogP contribution in [0.2, 0.25) is 0 Å². The molecule has 3 N–H and O–H groups in total. The lowest BCUT2D eigenvalue weighted by Crippen LogP contribution is -2.30. The molecule has 0 rings (SSSR count). The number of aliphatic hydroxyl groups excluding tert-OH is 1. The second-order valence-corrected chi connectivity index (χ2v) is 29.6. The lowest BCUT2D eigenvalue weighted by molar-refractivity contribution is -0.161. The summed E-state index contributed by atoms with van der Waals surface area (Å²) in [7, 11) is -9.90. The Kier molecular flexibility index (Phi) is 59.6. The standard InChI is InChI=1S/C70H136O17P2/c1-8-9-10-11-12-13-14-15-16-17-18-19-22-26-29-39-46-53-69(74)86-65(57-80-67(72)51-44-37-28-25-23-20-21-24-27-34-41-48-61(2)3)59-84-88(76,77)82-55-64(71)56-83-89(78,79)85-60-66(87-70(75)54-47-40-33-31-36-43-50-63(6)7)58-81-68(73)52-45-38-32-30-35-42-49-62(4)5/h61-66,71H,8-60H2,1-7H3,(H,76,77)(H,78,79)/t64-,65-,66-/m1/s1. The summed E-state index contributed by atoms with van der Waals surface area (Å²) in [4.78, 5) is 72.4. The van der Waals surface area contributed by atoms with Crippen LogP contribution >= 0.6 is 15.6 Å². The van der Waals surface area contributed by atoms with Gasteiger partial charge in [0.15, 0.2) is 12.2 Å². The fourth-order valence-electron chi connectivity index (χ4n) is 10.5. The van der Waals surface area contributed by atoms with Gasteiger partial charge < -0.3 is 33.8 Å². The number of phosphoric ester groups is 2. The van der Waals surface area contributed by atoms with Crippen LogP contribution in [0.4, 0.5) is 0 Å². The van der Waals surface area contributed by atoms with Gasteiger partial charge in [0.1, 0.15) is 19.3 Å². The highest BCUT2D eigenvalue weighted by Crippen LogP contribution is 2.45. The minimum absolute atomic E-state index is 0.101. The molecule has 0 fully saturated rings. The van der Waals surface area contributed by atoms with Gasteiger partial charge in [0, 0.05) is 25.7 Å². The van der Waals surface area contributed by atoms with Crippen molar-refractivity contribution < 1.29 is 80.2 Å². The van der Waals surface area contributed by atoms with Crippen LogP contribution in [0.5, 0.6) is 0 Å². The van der Waals surface area contributed by atoms with Crippen LogP contribution in [0.3, 0.4) is 0 Å². The van der Waals surface area contributed by atoms with E-state index in [0.717, 1.165) is 102 Å². The average Bonchev–Trinajstić information content (AvgIpc) is 3.70. The molecule has 528 valence electrons. The van der Waals surface area contributed by atoms with Crippen molar-refractivity contribution in [1.29, 1.82) is 0 Å². The smallest absolute Gasteiger partial charge is 0.462 e. The Bertz CT molecular complexity index is 1750. The number of esters is 4. The summed E-state index contributed by atoms with van der Waals surface area (Å²) in [5.74, 6) is -0.0124. The number of hydrogen-bond donors (Lipinski definition) is 3. The van der Waals surface area contributed by atoms with Crippen molar-refractivity contribution in [2.75, 3.05) is 39.6 Å². The van der Waals surface area contributed by atoms with E-state index in [1.165, 1.54) is 154 Å². The third kappa shape index (κ3) is 64.6. The Balaban J connectivity index is 5.22. The van der Waals surface area contributed by atoms with Crippen LogP contribution < -0.4 is 0 Å². The molecule has 0 aromatic rings. The first-order chi connectivity index (χ1) is 42.7.